The molecule has 0 saturated carbocycles. The van der Waals surface area contributed by atoms with Gasteiger partial charge in [0.2, 0.25) is 0 Å². The van der Waals surface area contributed by atoms with Crippen molar-refractivity contribution < 1.29 is 53.9 Å². The molecule has 0 atom stereocenters. The molecule has 0 aromatic carbocycles. The molecule has 0 aliphatic heterocycles. The standard InChI is InChI=1S/C48H132NO12Si16/c1-62(2,3)50-74(51-63(4,5)6,52-64(7,8)9)45-37-41-49(42-38-46-75(53-65(10,11)12,54-66(13,14)15)55-67(16,17)18,43-39-47-76(56-68(19,20)21,57-69(22,23)24)58-70(25,26)27)44-40-48-77(59-71(28,29)30,60-72(31,32)33)61-73(34,35)36/h37-48H2,1-36H3/q+1. The fraction of sp³-hybridized carbons (Fsp3) is 1.00. The maximum atomic E-state index is 7.39. The van der Waals surface area contributed by atoms with E-state index in [0.717, 1.165) is 80.5 Å². The van der Waals surface area contributed by atoms with Gasteiger partial charge in [0.25, 0.3) is 0 Å². The zero-order chi connectivity index (χ0) is 61.5. The fourth-order valence-electron chi connectivity index (χ4n) is 9.66. The molecule has 464 valence electrons. The highest BCUT2D eigenvalue weighted by atomic mass is 28.5. The number of nitrogens with zero attached hydrogens (tertiary/aromatic N) is 1. The highest BCUT2D eigenvalue weighted by molar-refractivity contribution is 6.93. The summed E-state index contributed by atoms with van der Waals surface area (Å²) >= 11 is 0. The fourth-order valence-corrected chi connectivity index (χ4v) is 68.2. The zero-order valence-corrected chi connectivity index (χ0v) is 73.8. The molecule has 0 aliphatic carbocycles. The second-order valence-electron chi connectivity index (χ2n) is 34.0. The third-order valence-electron chi connectivity index (χ3n) is 10.0. The van der Waals surface area contributed by atoms with E-state index in [2.05, 4.69) is 236 Å². The molecule has 0 radical (unpaired) electrons. The van der Waals surface area contributed by atoms with Crippen molar-refractivity contribution in [2.45, 2.75) is 286 Å². The number of hydrogen-bond acceptors (Lipinski definition) is 12. The van der Waals surface area contributed by atoms with Crippen molar-refractivity contribution in [3.8, 4) is 0 Å². The number of rotatable bonds is 40. The van der Waals surface area contributed by atoms with Gasteiger partial charge in [0, 0.05) is 49.9 Å². The van der Waals surface area contributed by atoms with E-state index in [1.807, 2.05) is 0 Å². The van der Waals surface area contributed by atoms with Crippen LogP contribution in [0.1, 0.15) is 25.7 Å². The maximum absolute atomic E-state index is 7.39. The third kappa shape index (κ3) is 40.9. The van der Waals surface area contributed by atoms with Gasteiger partial charge in [-0.15, -0.1) is 0 Å². The van der Waals surface area contributed by atoms with Crippen LogP contribution in [0.15, 0.2) is 0 Å². The van der Waals surface area contributed by atoms with Crippen LogP contribution in [0, 0.1) is 0 Å². The van der Waals surface area contributed by atoms with E-state index >= 15 is 0 Å². The Labute approximate surface area is 496 Å². The van der Waals surface area contributed by atoms with Gasteiger partial charge >= 0.3 is 35.2 Å². The zero-order valence-electron chi connectivity index (χ0n) is 57.8. The second-order valence-corrected chi connectivity index (χ2v) is 102. The Morgan fingerprint density at radius 2 is 0.260 bits per heavy atom. The van der Waals surface area contributed by atoms with Crippen LogP contribution in [0.2, 0.25) is 260 Å². The van der Waals surface area contributed by atoms with E-state index in [-0.39, 0.29) is 0 Å². The first kappa shape index (κ1) is 80.0. The minimum absolute atomic E-state index is 0.782. The molecule has 13 nitrogen and oxygen atoms in total. The van der Waals surface area contributed by atoms with E-state index in [1.165, 1.54) is 0 Å². The molecule has 0 heterocycles. The molecule has 29 heteroatoms. The van der Waals surface area contributed by atoms with Crippen LogP contribution in [-0.4, -0.2) is 166 Å². The van der Waals surface area contributed by atoms with Crippen LogP contribution in [0.4, 0.5) is 0 Å². The van der Waals surface area contributed by atoms with Gasteiger partial charge in [-0.1, -0.05) is 0 Å². The second kappa shape index (κ2) is 28.8. The van der Waals surface area contributed by atoms with Crippen LogP contribution in [0.3, 0.4) is 0 Å². The number of quaternary nitrogens is 1. The molecule has 0 bridgehead atoms. The van der Waals surface area contributed by atoms with Crippen molar-refractivity contribution in [3.63, 3.8) is 0 Å². The largest absolute Gasteiger partial charge is 0.469 e. The van der Waals surface area contributed by atoms with Crippen LogP contribution in [-0.2, 0) is 49.4 Å². The van der Waals surface area contributed by atoms with Gasteiger partial charge in [-0.05, 0) is 236 Å². The Kier molecular flexibility index (Phi) is 30.0. The molecule has 0 amide bonds. The highest BCUT2D eigenvalue weighted by Crippen LogP contribution is 2.37. The van der Waals surface area contributed by atoms with Crippen LogP contribution < -0.4 is 0 Å². The van der Waals surface area contributed by atoms with Gasteiger partial charge in [0.1, 0.15) is 0 Å². The first-order valence-electron chi connectivity index (χ1n) is 29.6. The van der Waals surface area contributed by atoms with Crippen molar-refractivity contribution >= 4 is 135 Å². The Morgan fingerprint density at radius 3 is 0.338 bits per heavy atom. The third-order valence-corrected chi connectivity index (χ3v) is 58.2. The molecule has 0 spiro atoms. The summed E-state index contributed by atoms with van der Waals surface area (Å²) in [7, 11) is -38.1. The molecule has 77 heavy (non-hydrogen) atoms. The summed E-state index contributed by atoms with van der Waals surface area (Å²) in [6.07, 6.45) is 3.63. The lowest BCUT2D eigenvalue weighted by molar-refractivity contribution is -0.928. The highest BCUT2D eigenvalue weighted by Gasteiger charge is 2.55. The molecule has 0 N–H and O–H groups in total. The Hall–Kier alpha value is 2.95. The van der Waals surface area contributed by atoms with Crippen molar-refractivity contribution in [1.82, 2.24) is 0 Å². The summed E-state index contributed by atoms with van der Waals surface area (Å²) in [5.41, 5.74) is 0. The maximum Gasteiger partial charge on any atom is 0.469 e. The Bertz CT molecular complexity index is 1320. The average molecular weight is 1360 g/mol. The minimum Gasteiger partial charge on any atom is -0.417 e. The lowest BCUT2D eigenvalue weighted by Gasteiger charge is -2.46. The summed E-state index contributed by atoms with van der Waals surface area (Å²) < 4.78 is 89.5. The van der Waals surface area contributed by atoms with Crippen LogP contribution in [0.5, 0.6) is 0 Å². The smallest absolute Gasteiger partial charge is 0.417 e. The summed E-state index contributed by atoms with van der Waals surface area (Å²) in [5.74, 6) is 0. The van der Waals surface area contributed by atoms with Gasteiger partial charge in [-0.3, -0.25) is 0 Å². The molecule has 0 aromatic rings. The topological polar surface area (TPSA) is 111 Å². The first-order chi connectivity index (χ1) is 33.3. The molecule has 0 fully saturated rings. The molecule has 0 saturated heterocycles. The molecular formula is C48H132NO12Si16+. The molecule has 0 aliphatic rings. The van der Waals surface area contributed by atoms with Crippen LogP contribution >= 0.6 is 0 Å². The van der Waals surface area contributed by atoms with Crippen molar-refractivity contribution in [2.24, 2.45) is 0 Å². The Morgan fingerprint density at radius 1 is 0.169 bits per heavy atom. The van der Waals surface area contributed by atoms with Gasteiger partial charge in [0.05, 0.1) is 26.2 Å². The van der Waals surface area contributed by atoms with Gasteiger partial charge in [-0.2, -0.15) is 0 Å². The summed E-state index contributed by atoms with van der Waals surface area (Å²) in [5, 5.41) is 0. The van der Waals surface area contributed by atoms with E-state index in [1.54, 1.807) is 0 Å². The summed E-state index contributed by atoms with van der Waals surface area (Å²) in [4.78, 5) is 0. The molecule has 0 aromatic heterocycles. The van der Waals surface area contributed by atoms with Crippen LogP contribution in [0.25, 0.3) is 0 Å². The lowest BCUT2D eigenvalue weighted by atomic mass is 10.2. The quantitative estimate of drug-likeness (QED) is 0.0430. The van der Waals surface area contributed by atoms with E-state index in [0.29, 0.717) is 0 Å². The summed E-state index contributed by atoms with van der Waals surface area (Å²) in [6, 6.07) is 3.13. The van der Waals surface area contributed by atoms with Crippen molar-refractivity contribution in [3.05, 3.63) is 0 Å². The molecule has 0 unspecified atom stereocenters. The predicted octanol–water partition coefficient (Wildman–Crippen LogP) is 17.3. The average Bonchev–Trinajstić information content (AvgIpc) is 2.97. The van der Waals surface area contributed by atoms with Gasteiger partial charge < -0.3 is 53.9 Å². The SMILES string of the molecule is C[Si](C)(C)O[Si](CCC[N+](CCC[Si](O[Si](C)(C)C)(O[Si](C)(C)C)O[Si](C)(C)C)(CCC[Si](O[Si](C)(C)C)(O[Si](C)(C)C)O[Si](C)(C)C)CCC[Si](O[Si](C)(C)C)(O[Si](C)(C)C)O[Si](C)(C)C)(O[Si](C)(C)C)O[Si](C)(C)C. The van der Waals surface area contributed by atoms with E-state index in [9.17, 15) is 0 Å². The molecule has 0 rings (SSSR count). The number of hydrogen-bond donors (Lipinski definition) is 0. The van der Waals surface area contributed by atoms with Gasteiger partial charge in [-0.25, -0.2) is 0 Å². The van der Waals surface area contributed by atoms with Gasteiger partial charge in [0.15, 0.2) is 99.8 Å². The minimum atomic E-state index is -3.17. The van der Waals surface area contributed by atoms with E-state index < -0.39 is 135 Å². The Balaban J connectivity index is 8.78. The first-order valence-corrected chi connectivity index (χ1v) is 78.2. The van der Waals surface area contributed by atoms with E-state index in [4.69, 9.17) is 49.4 Å². The van der Waals surface area contributed by atoms with Crippen molar-refractivity contribution in [2.75, 3.05) is 26.2 Å². The summed E-state index contributed by atoms with van der Waals surface area (Å²) in [6.45, 7) is 86.5. The lowest BCUT2D eigenvalue weighted by Crippen LogP contribution is -2.62. The monoisotopic (exact) mass is 1360 g/mol. The molecular weight excluding hydrogens is 1230 g/mol. The van der Waals surface area contributed by atoms with Crippen molar-refractivity contribution in [1.29, 1.82) is 0 Å². The normalized spacial score (nSPS) is 15.7. The predicted molar refractivity (Wildman–Crippen MR) is 374 cm³/mol.